The first-order chi connectivity index (χ1) is 15.0. The lowest BCUT2D eigenvalue weighted by Crippen LogP contribution is -2.29. The van der Waals surface area contributed by atoms with E-state index in [9.17, 15) is 14.4 Å². The van der Waals surface area contributed by atoms with Gasteiger partial charge in [-0.05, 0) is 40.5 Å². The van der Waals surface area contributed by atoms with Crippen LogP contribution in [0.1, 0.15) is 37.8 Å². The summed E-state index contributed by atoms with van der Waals surface area (Å²) in [6, 6.07) is 20.6. The number of anilines is 1. The SMILES string of the molecule is COC(=O)c1cc(C=O)cc(N(C)C(=O)OCC2c3ccccc3-c3ccccc32)c1. The third kappa shape index (κ3) is 3.80. The molecule has 0 radical (unpaired) electrons. The molecule has 1 aliphatic rings. The van der Waals surface area contributed by atoms with Gasteiger partial charge >= 0.3 is 12.1 Å². The highest BCUT2D eigenvalue weighted by atomic mass is 16.6. The highest BCUT2D eigenvalue weighted by molar-refractivity contribution is 5.96. The van der Waals surface area contributed by atoms with Crippen LogP contribution in [0.25, 0.3) is 11.1 Å². The summed E-state index contributed by atoms with van der Waals surface area (Å²) >= 11 is 0. The van der Waals surface area contributed by atoms with Crippen LogP contribution < -0.4 is 4.90 Å². The lowest BCUT2D eigenvalue weighted by Gasteiger charge is -2.20. The summed E-state index contributed by atoms with van der Waals surface area (Å²) in [5, 5.41) is 0. The third-order valence-corrected chi connectivity index (χ3v) is 5.49. The number of hydrogen-bond donors (Lipinski definition) is 0. The molecule has 3 aromatic carbocycles. The van der Waals surface area contributed by atoms with Gasteiger partial charge in [-0.1, -0.05) is 48.5 Å². The summed E-state index contributed by atoms with van der Waals surface area (Å²) in [7, 11) is 2.79. The van der Waals surface area contributed by atoms with Crippen molar-refractivity contribution < 1.29 is 23.9 Å². The predicted octanol–water partition coefficient (Wildman–Crippen LogP) is 4.67. The van der Waals surface area contributed by atoms with Crippen LogP contribution in [0.15, 0.2) is 66.7 Å². The highest BCUT2D eigenvalue weighted by Crippen LogP contribution is 2.44. The summed E-state index contributed by atoms with van der Waals surface area (Å²) in [6.07, 6.45) is 0.0299. The van der Waals surface area contributed by atoms with Crippen LogP contribution >= 0.6 is 0 Å². The molecule has 0 bridgehead atoms. The van der Waals surface area contributed by atoms with E-state index in [1.165, 1.54) is 37.3 Å². The first-order valence-corrected chi connectivity index (χ1v) is 9.80. The maximum Gasteiger partial charge on any atom is 0.414 e. The van der Waals surface area contributed by atoms with Gasteiger partial charge in [-0.25, -0.2) is 9.59 Å². The number of fused-ring (bicyclic) bond motifs is 3. The van der Waals surface area contributed by atoms with Crippen LogP contribution in [0.3, 0.4) is 0 Å². The van der Waals surface area contributed by atoms with Crippen molar-refractivity contribution in [1.29, 1.82) is 0 Å². The second kappa shape index (κ2) is 8.44. The van der Waals surface area contributed by atoms with Crippen LogP contribution in [0, 0.1) is 0 Å². The van der Waals surface area contributed by atoms with Crippen molar-refractivity contribution >= 4 is 24.0 Å². The molecule has 0 atom stereocenters. The molecule has 6 heteroatoms. The minimum absolute atomic E-state index is 0.0586. The molecule has 0 heterocycles. The zero-order valence-corrected chi connectivity index (χ0v) is 17.2. The number of hydrogen-bond acceptors (Lipinski definition) is 5. The van der Waals surface area contributed by atoms with Gasteiger partial charge in [0.15, 0.2) is 0 Å². The van der Waals surface area contributed by atoms with Crippen molar-refractivity contribution in [2.24, 2.45) is 0 Å². The van der Waals surface area contributed by atoms with Gasteiger partial charge < -0.3 is 9.47 Å². The Morgan fingerprint density at radius 2 is 1.58 bits per heavy atom. The monoisotopic (exact) mass is 415 g/mol. The summed E-state index contributed by atoms with van der Waals surface area (Å²) in [6.45, 7) is 0.175. The number of methoxy groups -OCH3 is 1. The van der Waals surface area contributed by atoms with Gasteiger partial charge in [0, 0.05) is 24.2 Å². The first kappa shape index (κ1) is 20.3. The first-order valence-electron chi connectivity index (χ1n) is 9.80. The van der Waals surface area contributed by atoms with Crippen molar-refractivity contribution in [1.82, 2.24) is 0 Å². The Kier molecular flexibility index (Phi) is 5.54. The Bertz CT molecular complexity index is 1120. The summed E-state index contributed by atoms with van der Waals surface area (Å²) in [5.41, 5.74) is 5.34. The minimum Gasteiger partial charge on any atom is -0.465 e. The molecule has 0 aromatic heterocycles. The smallest absolute Gasteiger partial charge is 0.414 e. The summed E-state index contributed by atoms with van der Waals surface area (Å²) < 4.78 is 10.4. The summed E-state index contributed by atoms with van der Waals surface area (Å²) in [5.74, 6) is -0.650. The van der Waals surface area contributed by atoms with Crippen molar-refractivity contribution in [2.75, 3.05) is 25.7 Å². The van der Waals surface area contributed by atoms with Crippen LogP contribution in [0.5, 0.6) is 0 Å². The number of carbonyl (C=O) groups excluding carboxylic acids is 3. The van der Waals surface area contributed by atoms with E-state index in [1.54, 1.807) is 0 Å². The van der Waals surface area contributed by atoms with Crippen molar-refractivity contribution in [3.05, 3.63) is 89.0 Å². The van der Waals surface area contributed by atoms with Gasteiger partial charge in [0.25, 0.3) is 0 Å². The van der Waals surface area contributed by atoms with Crippen LogP contribution in [-0.4, -0.2) is 39.1 Å². The van der Waals surface area contributed by atoms with Gasteiger partial charge in [-0.3, -0.25) is 9.69 Å². The van der Waals surface area contributed by atoms with Gasteiger partial charge in [-0.2, -0.15) is 0 Å². The standard InChI is InChI=1S/C25H21NO5/c1-26(18-12-16(14-27)11-17(13-18)24(28)30-2)25(29)31-15-23-21-9-5-3-7-19(21)20-8-4-6-10-22(20)23/h3-14,23H,15H2,1-2H3. The molecule has 0 fully saturated rings. The molecule has 1 aliphatic carbocycles. The van der Waals surface area contributed by atoms with E-state index in [2.05, 4.69) is 12.1 Å². The number of amides is 1. The van der Waals surface area contributed by atoms with E-state index in [-0.39, 0.29) is 23.7 Å². The maximum atomic E-state index is 12.8. The number of ether oxygens (including phenoxy) is 2. The molecule has 0 N–H and O–H groups in total. The maximum absolute atomic E-state index is 12.8. The number of esters is 1. The van der Waals surface area contributed by atoms with Crippen molar-refractivity contribution in [3.63, 3.8) is 0 Å². The molecule has 0 aliphatic heterocycles. The normalized spacial score (nSPS) is 11.9. The number of rotatable bonds is 5. The van der Waals surface area contributed by atoms with E-state index < -0.39 is 12.1 Å². The third-order valence-electron chi connectivity index (χ3n) is 5.49. The number of benzene rings is 3. The highest BCUT2D eigenvalue weighted by Gasteiger charge is 2.29. The van der Waals surface area contributed by atoms with Crippen molar-refractivity contribution in [2.45, 2.75) is 5.92 Å². The molecule has 0 unspecified atom stereocenters. The van der Waals surface area contributed by atoms with Gasteiger partial charge in [0.2, 0.25) is 0 Å². The second-order valence-corrected chi connectivity index (χ2v) is 7.29. The van der Waals surface area contributed by atoms with E-state index in [4.69, 9.17) is 9.47 Å². The van der Waals surface area contributed by atoms with E-state index in [1.807, 2.05) is 36.4 Å². The quantitative estimate of drug-likeness (QED) is 0.447. The number of carbonyl (C=O) groups is 3. The molecular formula is C25H21NO5. The Morgan fingerprint density at radius 3 is 2.16 bits per heavy atom. The molecule has 31 heavy (non-hydrogen) atoms. The largest absolute Gasteiger partial charge is 0.465 e. The number of aldehydes is 1. The fourth-order valence-corrected chi connectivity index (χ4v) is 3.93. The zero-order chi connectivity index (χ0) is 22.0. The minimum atomic E-state index is -0.592. The molecule has 0 spiro atoms. The second-order valence-electron chi connectivity index (χ2n) is 7.29. The fourth-order valence-electron chi connectivity index (χ4n) is 3.93. The van der Waals surface area contributed by atoms with Gasteiger partial charge in [0.05, 0.1) is 12.7 Å². The molecule has 4 rings (SSSR count). The predicted molar refractivity (Wildman–Crippen MR) is 117 cm³/mol. The average Bonchev–Trinajstić information content (AvgIpc) is 3.14. The van der Waals surface area contributed by atoms with Gasteiger partial charge in [0.1, 0.15) is 12.9 Å². The van der Waals surface area contributed by atoms with Crippen LogP contribution in [-0.2, 0) is 9.47 Å². The molecule has 3 aromatic rings. The lowest BCUT2D eigenvalue weighted by atomic mass is 9.98. The van der Waals surface area contributed by atoms with E-state index in [0.717, 1.165) is 22.3 Å². The molecule has 0 saturated heterocycles. The molecule has 6 nitrogen and oxygen atoms in total. The van der Waals surface area contributed by atoms with Crippen molar-refractivity contribution in [3.8, 4) is 11.1 Å². The molecule has 0 saturated carbocycles. The average molecular weight is 415 g/mol. The lowest BCUT2D eigenvalue weighted by molar-refractivity contribution is 0.0600. The molecule has 156 valence electrons. The molecule has 1 amide bonds. The topological polar surface area (TPSA) is 72.9 Å². The van der Waals surface area contributed by atoms with E-state index >= 15 is 0 Å². The summed E-state index contributed by atoms with van der Waals surface area (Å²) in [4.78, 5) is 37.2. The Morgan fingerprint density at radius 1 is 0.968 bits per heavy atom. The fraction of sp³-hybridized carbons (Fsp3) is 0.160. The van der Waals surface area contributed by atoms with Gasteiger partial charge in [-0.15, -0.1) is 0 Å². The number of nitrogens with zero attached hydrogens (tertiary/aromatic N) is 1. The zero-order valence-electron chi connectivity index (χ0n) is 17.2. The Labute approximate surface area is 180 Å². The van der Waals surface area contributed by atoms with Crippen LogP contribution in [0.2, 0.25) is 0 Å². The molecular weight excluding hydrogens is 394 g/mol. The van der Waals surface area contributed by atoms with Crippen LogP contribution in [0.4, 0.5) is 10.5 Å². The Balaban J connectivity index is 1.55. The Hall–Kier alpha value is -3.93. The van der Waals surface area contributed by atoms with E-state index in [0.29, 0.717) is 12.0 Å².